The molecule has 9 heteroatoms. The van der Waals surface area contributed by atoms with Crippen LogP contribution in [0, 0.1) is 0 Å². The summed E-state index contributed by atoms with van der Waals surface area (Å²) in [5.74, 6) is 2.29. The fraction of sp³-hybridized carbons (Fsp3) is 0.185. The number of methoxy groups -OCH3 is 1. The highest BCUT2D eigenvalue weighted by molar-refractivity contribution is 6.06. The molecule has 5 rings (SSSR count). The molecular weight excluding hydrogens is 456 g/mol. The van der Waals surface area contributed by atoms with Crippen LogP contribution in [0.4, 0.5) is 11.6 Å². The third-order valence-corrected chi connectivity index (χ3v) is 5.85. The van der Waals surface area contributed by atoms with E-state index in [9.17, 15) is 4.79 Å². The topological polar surface area (TPSA) is 103 Å². The third-order valence-electron chi connectivity index (χ3n) is 5.85. The van der Waals surface area contributed by atoms with Gasteiger partial charge in [0, 0.05) is 17.5 Å². The number of anilines is 2. The molecule has 4 aromatic rings. The van der Waals surface area contributed by atoms with Crippen molar-refractivity contribution in [2.24, 2.45) is 0 Å². The number of nitrogens with zero attached hydrogens (tertiary/aromatic N) is 4. The van der Waals surface area contributed by atoms with Crippen molar-refractivity contribution in [3.8, 4) is 22.9 Å². The minimum absolute atomic E-state index is 0.260. The van der Waals surface area contributed by atoms with E-state index in [2.05, 4.69) is 15.6 Å². The van der Waals surface area contributed by atoms with Crippen molar-refractivity contribution in [1.29, 1.82) is 0 Å². The highest BCUT2D eigenvalue weighted by Crippen LogP contribution is 2.38. The molecule has 182 valence electrons. The largest absolute Gasteiger partial charge is 0.497 e. The van der Waals surface area contributed by atoms with Crippen molar-refractivity contribution < 1.29 is 14.3 Å². The Bertz CT molecular complexity index is 1410. The predicted molar refractivity (Wildman–Crippen MR) is 137 cm³/mol. The van der Waals surface area contributed by atoms with Crippen LogP contribution in [0.15, 0.2) is 84.3 Å². The van der Waals surface area contributed by atoms with E-state index >= 15 is 0 Å². The van der Waals surface area contributed by atoms with Gasteiger partial charge in [-0.15, -0.1) is 5.10 Å². The van der Waals surface area contributed by atoms with Gasteiger partial charge in [0.1, 0.15) is 17.5 Å². The van der Waals surface area contributed by atoms with Gasteiger partial charge in [0.05, 0.1) is 31.2 Å². The standard InChI is InChI=1S/C27H26N6O3/c1-4-36-21-12-10-18(11-13-21)25-31-27-29-17(2)23(26(34)30-20-8-6-14-28-16-20)24(33(27)32-25)19-7-5-9-22(15-19)35-3/h5-16,24H,4H2,1-3H3,(H,30,34)(H,29,31,32). The lowest BCUT2D eigenvalue weighted by molar-refractivity contribution is -0.113. The second kappa shape index (κ2) is 9.91. The molecule has 0 radical (unpaired) electrons. The van der Waals surface area contributed by atoms with E-state index in [-0.39, 0.29) is 5.91 Å². The molecule has 36 heavy (non-hydrogen) atoms. The number of nitrogens with one attached hydrogen (secondary N) is 2. The number of carbonyl (C=O) groups excluding carboxylic acids is 1. The van der Waals surface area contributed by atoms with Crippen molar-refractivity contribution in [3.05, 3.63) is 89.9 Å². The minimum Gasteiger partial charge on any atom is -0.497 e. The first-order chi connectivity index (χ1) is 17.6. The Kier molecular flexibility index (Phi) is 6.36. The summed E-state index contributed by atoms with van der Waals surface area (Å²) in [6.07, 6.45) is 3.26. The van der Waals surface area contributed by atoms with E-state index in [1.165, 1.54) is 0 Å². The third kappa shape index (κ3) is 4.50. The number of rotatable bonds is 7. The fourth-order valence-corrected chi connectivity index (χ4v) is 4.19. The van der Waals surface area contributed by atoms with Crippen LogP contribution in [-0.4, -0.2) is 39.4 Å². The van der Waals surface area contributed by atoms with Crippen LogP contribution in [0.3, 0.4) is 0 Å². The van der Waals surface area contributed by atoms with Crippen molar-refractivity contribution in [2.45, 2.75) is 19.9 Å². The van der Waals surface area contributed by atoms with Gasteiger partial charge >= 0.3 is 0 Å². The second-order valence-corrected chi connectivity index (χ2v) is 8.20. The molecule has 1 aliphatic rings. The number of hydrogen-bond acceptors (Lipinski definition) is 7. The maximum Gasteiger partial charge on any atom is 0.255 e. The van der Waals surface area contributed by atoms with Gasteiger partial charge in [-0.1, -0.05) is 12.1 Å². The molecule has 1 aliphatic heterocycles. The molecule has 0 saturated heterocycles. The SMILES string of the molecule is CCOc1ccc(-c2nc3n(n2)C(c2cccc(OC)c2)C(C(=O)Nc2cccnc2)=C(C)N3)cc1. The van der Waals surface area contributed by atoms with Crippen LogP contribution in [0.25, 0.3) is 11.4 Å². The van der Waals surface area contributed by atoms with Crippen LogP contribution in [0.1, 0.15) is 25.5 Å². The van der Waals surface area contributed by atoms with Crippen molar-refractivity contribution in [2.75, 3.05) is 24.4 Å². The molecule has 1 unspecified atom stereocenters. The maximum absolute atomic E-state index is 13.6. The summed E-state index contributed by atoms with van der Waals surface area (Å²) < 4.78 is 12.8. The molecule has 0 saturated carbocycles. The van der Waals surface area contributed by atoms with E-state index < -0.39 is 6.04 Å². The van der Waals surface area contributed by atoms with Crippen molar-refractivity contribution >= 4 is 17.5 Å². The van der Waals surface area contributed by atoms with Gasteiger partial charge in [-0.05, 0) is 67.9 Å². The smallest absolute Gasteiger partial charge is 0.255 e. The Morgan fingerprint density at radius 1 is 1.11 bits per heavy atom. The van der Waals surface area contributed by atoms with Crippen LogP contribution < -0.4 is 20.1 Å². The highest BCUT2D eigenvalue weighted by Gasteiger charge is 2.34. The summed E-state index contributed by atoms with van der Waals surface area (Å²) in [5.41, 5.74) is 3.48. The molecule has 0 fully saturated rings. The van der Waals surface area contributed by atoms with Gasteiger partial charge in [0.15, 0.2) is 5.82 Å². The number of hydrogen-bond donors (Lipinski definition) is 2. The van der Waals surface area contributed by atoms with Gasteiger partial charge in [-0.25, -0.2) is 4.68 Å². The Labute approximate surface area is 208 Å². The zero-order valence-corrected chi connectivity index (χ0v) is 20.2. The summed E-state index contributed by atoms with van der Waals surface area (Å²) in [5, 5.41) is 11.0. The lowest BCUT2D eigenvalue weighted by Gasteiger charge is -2.28. The first kappa shape index (κ1) is 23.1. The van der Waals surface area contributed by atoms with E-state index in [1.807, 2.05) is 62.4 Å². The maximum atomic E-state index is 13.6. The number of benzene rings is 2. The molecule has 1 amide bonds. The van der Waals surface area contributed by atoms with E-state index in [0.717, 1.165) is 16.9 Å². The number of amides is 1. The average molecular weight is 483 g/mol. The number of allylic oxidation sites excluding steroid dienone is 1. The van der Waals surface area contributed by atoms with Gasteiger partial charge < -0.3 is 20.1 Å². The number of ether oxygens (including phenoxy) is 2. The molecule has 2 aromatic heterocycles. The lowest BCUT2D eigenvalue weighted by atomic mass is 9.95. The molecule has 0 aliphatic carbocycles. The fourth-order valence-electron chi connectivity index (χ4n) is 4.19. The first-order valence-corrected chi connectivity index (χ1v) is 11.6. The Morgan fingerprint density at radius 2 is 1.94 bits per heavy atom. The van der Waals surface area contributed by atoms with Gasteiger partial charge in [-0.2, -0.15) is 4.98 Å². The van der Waals surface area contributed by atoms with Crippen LogP contribution >= 0.6 is 0 Å². The Hall–Kier alpha value is -4.66. The van der Waals surface area contributed by atoms with Crippen LogP contribution in [0.5, 0.6) is 11.5 Å². The van der Waals surface area contributed by atoms with Gasteiger partial charge in [0.2, 0.25) is 5.95 Å². The molecular formula is C27H26N6O3. The molecule has 0 spiro atoms. The van der Waals surface area contributed by atoms with E-state index in [1.54, 1.807) is 36.3 Å². The lowest BCUT2D eigenvalue weighted by Crippen LogP contribution is -2.31. The van der Waals surface area contributed by atoms with Gasteiger partial charge in [-0.3, -0.25) is 9.78 Å². The van der Waals surface area contributed by atoms with Gasteiger partial charge in [0.25, 0.3) is 5.91 Å². The Balaban J connectivity index is 1.57. The van der Waals surface area contributed by atoms with Crippen molar-refractivity contribution in [3.63, 3.8) is 0 Å². The summed E-state index contributed by atoms with van der Waals surface area (Å²) in [6.45, 7) is 4.40. The summed E-state index contributed by atoms with van der Waals surface area (Å²) >= 11 is 0. The number of fused-ring (bicyclic) bond motifs is 1. The molecule has 0 bridgehead atoms. The van der Waals surface area contributed by atoms with Crippen LogP contribution in [-0.2, 0) is 4.79 Å². The molecule has 2 N–H and O–H groups in total. The zero-order chi connectivity index (χ0) is 25.1. The molecule has 1 atom stereocenters. The molecule has 9 nitrogen and oxygen atoms in total. The van der Waals surface area contributed by atoms with E-state index in [0.29, 0.717) is 41.1 Å². The zero-order valence-electron chi connectivity index (χ0n) is 20.2. The Morgan fingerprint density at radius 3 is 2.67 bits per heavy atom. The summed E-state index contributed by atoms with van der Waals surface area (Å²) in [4.78, 5) is 22.4. The number of carbonyl (C=O) groups is 1. The molecule has 2 aromatic carbocycles. The van der Waals surface area contributed by atoms with Crippen molar-refractivity contribution in [1.82, 2.24) is 19.7 Å². The summed E-state index contributed by atoms with van der Waals surface area (Å²) in [6, 6.07) is 18.3. The quantitative estimate of drug-likeness (QED) is 0.394. The van der Waals surface area contributed by atoms with E-state index in [4.69, 9.17) is 19.6 Å². The number of pyridine rings is 1. The predicted octanol–water partition coefficient (Wildman–Crippen LogP) is 4.68. The first-order valence-electron chi connectivity index (χ1n) is 11.6. The normalized spacial score (nSPS) is 14.6. The monoisotopic (exact) mass is 482 g/mol. The molecule has 3 heterocycles. The second-order valence-electron chi connectivity index (χ2n) is 8.20. The minimum atomic E-state index is -0.531. The average Bonchev–Trinajstić information content (AvgIpc) is 3.32. The number of aromatic nitrogens is 4. The van der Waals surface area contributed by atoms with Crippen LogP contribution in [0.2, 0.25) is 0 Å². The highest BCUT2D eigenvalue weighted by atomic mass is 16.5. The summed E-state index contributed by atoms with van der Waals surface area (Å²) in [7, 11) is 1.61.